The number of benzene rings is 4. The molecule has 1 aromatic heterocycles. The molecule has 0 radical (unpaired) electrons. The van der Waals surface area contributed by atoms with E-state index in [2.05, 4.69) is 130 Å². The molecule has 0 saturated carbocycles. The summed E-state index contributed by atoms with van der Waals surface area (Å²) < 4.78 is 5.16. The first-order chi connectivity index (χ1) is 17.6. The molecule has 4 aromatic carbocycles. The van der Waals surface area contributed by atoms with Crippen LogP contribution in [0.3, 0.4) is 0 Å². The van der Waals surface area contributed by atoms with Crippen molar-refractivity contribution in [3.8, 4) is 11.3 Å². The molecule has 1 heterocycles. The summed E-state index contributed by atoms with van der Waals surface area (Å²) in [6, 6.07) is 33.5. The molecule has 0 spiro atoms. The second-order valence-electron chi connectivity index (χ2n) is 8.48. The maximum absolute atomic E-state index is 4.47. The van der Waals surface area contributed by atoms with Gasteiger partial charge in [-0.25, -0.2) is 4.68 Å². The summed E-state index contributed by atoms with van der Waals surface area (Å²) >= 11 is 11.1. The Kier molecular flexibility index (Phi) is 7.99. The predicted octanol–water partition coefficient (Wildman–Crippen LogP) is 8.49. The third-order valence-electron chi connectivity index (χ3n) is 5.97. The molecule has 180 valence electrons. The zero-order chi connectivity index (χ0) is 24.9. The van der Waals surface area contributed by atoms with E-state index in [0.717, 1.165) is 49.0 Å². The Morgan fingerprint density at radius 2 is 1.19 bits per heavy atom. The van der Waals surface area contributed by atoms with Crippen LogP contribution in [0.1, 0.15) is 16.7 Å². The molecule has 0 amide bonds. The summed E-state index contributed by atoms with van der Waals surface area (Å²) in [7, 11) is 0. The molecular formula is C29H23Br3N4. The van der Waals surface area contributed by atoms with Gasteiger partial charge in [-0.3, -0.25) is 0 Å². The molecular weight excluding hydrogens is 644 g/mol. The van der Waals surface area contributed by atoms with E-state index in [1.54, 1.807) is 0 Å². The Labute approximate surface area is 236 Å². The van der Waals surface area contributed by atoms with Gasteiger partial charge in [0, 0.05) is 37.8 Å². The van der Waals surface area contributed by atoms with Gasteiger partial charge in [0.2, 0.25) is 0 Å². The molecule has 0 atom stereocenters. The zero-order valence-electron chi connectivity index (χ0n) is 19.4. The molecule has 0 N–H and O–H groups in total. The first kappa shape index (κ1) is 24.9. The van der Waals surface area contributed by atoms with E-state index in [9.17, 15) is 0 Å². The predicted molar refractivity (Wildman–Crippen MR) is 157 cm³/mol. The third kappa shape index (κ3) is 5.97. The van der Waals surface area contributed by atoms with Gasteiger partial charge in [0.15, 0.2) is 0 Å². The Morgan fingerprint density at radius 1 is 0.639 bits per heavy atom. The van der Waals surface area contributed by atoms with E-state index in [0.29, 0.717) is 6.54 Å². The Morgan fingerprint density at radius 3 is 1.78 bits per heavy atom. The van der Waals surface area contributed by atoms with Crippen LogP contribution in [0.5, 0.6) is 0 Å². The van der Waals surface area contributed by atoms with Crippen molar-refractivity contribution in [2.45, 2.75) is 19.6 Å². The van der Waals surface area contributed by atoms with Crippen LogP contribution in [0, 0.1) is 0 Å². The van der Waals surface area contributed by atoms with Crippen molar-refractivity contribution in [1.29, 1.82) is 0 Å². The number of hydrogen-bond acceptors (Lipinski definition) is 3. The fourth-order valence-electron chi connectivity index (χ4n) is 4.07. The molecule has 0 saturated heterocycles. The van der Waals surface area contributed by atoms with Crippen LogP contribution in [0.25, 0.3) is 11.3 Å². The van der Waals surface area contributed by atoms with Crippen molar-refractivity contribution >= 4 is 53.5 Å². The summed E-state index contributed by atoms with van der Waals surface area (Å²) in [5.74, 6) is 0. The van der Waals surface area contributed by atoms with E-state index in [-0.39, 0.29) is 0 Å². The Bertz CT molecular complexity index is 1430. The Hall–Kier alpha value is -2.74. The minimum absolute atomic E-state index is 0.657. The van der Waals surface area contributed by atoms with Gasteiger partial charge >= 0.3 is 0 Å². The van der Waals surface area contributed by atoms with Gasteiger partial charge in [-0.15, -0.1) is 5.10 Å². The Balaban J connectivity index is 1.44. The second-order valence-corrected chi connectivity index (χ2v) is 11.0. The highest BCUT2D eigenvalue weighted by molar-refractivity contribution is 9.11. The van der Waals surface area contributed by atoms with Crippen LogP contribution in [0.15, 0.2) is 117 Å². The topological polar surface area (TPSA) is 34.0 Å². The van der Waals surface area contributed by atoms with Crippen LogP contribution in [-0.2, 0) is 19.6 Å². The lowest BCUT2D eigenvalue weighted by Gasteiger charge is -2.26. The smallest absolute Gasteiger partial charge is 0.113 e. The van der Waals surface area contributed by atoms with Crippen molar-refractivity contribution in [3.05, 3.63) is 133 Å². The largest absolute Gasteiger partial charge is 0.363 e. The first-order valence-corrected chi connectivity index (χ1v) is 13.9. The van der Waals surface area contributed by atoms with Crippen LogP contribution < -0.4 is 4.90 Å². The number of nitrogens with zero attached hydrogens (tertiary/aromatic N) is 4. The summed E-state index contributed by atoms with van der Waals surface area (Å²) in [6.45, 7) is 2.19. The quantitative estimate of drug-likeness (QED) is 0.167. The van der Waals surface area contributed by atoms with Crippen LogP contribution in [0.4, 0.5) is 5.69 Å². The monoisotopic (exact) mass is 664 g/mol. The van der Waals surface area contributed by atoms with Gasteiger partial charge in [-0.2, -0.15) is 0 Å². The number of halogens is 3. The lowest BCUT2D eigenvalue weighted by molar-refractivity contribution is 0.648. The third-order valence-corrected chi connectivity index (χ3v) is 8.29. The molecule has 0 aliphatic heterocycles. The number of hydrogen-bond donors (Lipinski definition) is 0. The van der Waals surface area contributed by atoms with Crippen LogP contribution in [0.2, 0.25) is 0 Å². The minimum atomic E-state index is 0.657. The maximum Gasteiger partial charge on any atom is 0.113 e. The zero-order valence-corrected chi connectivity index (χ0v) is 24.1. The highest BCUT2D eigenvalue weighted by Crippen LogP contribution is 2.29. The van der Waals surface area contributed by atoms with Crippen LogP contribution >= 0.6 is 47.8 Å². The molecule has 0 bridgehead atoms. The van der Waals surface area contributed by atoms with Crippen molar-refractivity contribution in [3.63, 3.8) is 0 Å². The summed E-state index contributed by atoms with van der Waals surface area (Å²) in [6.07, 6.45) is 2.00. The van der Waals surface area contributed by atoms with E-state index in [1.807, 2.05) is 41.2 Å². The molecule has 0 aliphatic rings. The van der Waals surface area contributed by atoms with E-state index >= 15 is 0 Å². The highest BCUT2D eigenvalue weighted by atomic mass is 79.9. The van der Waals surface area contributed by atoms with Crippen molar-refractivity contribution in [1.82, 2.24) is 15.0 Å². The average molecular weight is 667 g/mol. The molecule has 4 nitrogen and oxygen atoms in total. The normalized spacial score (nSPS) is 11.0. The maximum atomic E-state index is 4.47. The van der Waals surface area contributed by atoms with E-state index in [4.69, 9.17) is 0 Å². The second kappa shape index (κ2) is 11.5. The van der Waals surface area contributed by atoms with E-state index in [1.165, 1.54) is 11.1 Å². The number of rotatable bonds is 8. The molecule has 36 heavy (non-hydrogen) atoms. The van der Waals surface area contributed by atoms with Crippen LogP contribution in [-0.4, -0.2) is 15.0 Å². The number of anilines is 1. The van der Waals surface area contributed by atoms with Gasteiger partial charge in [0.25, 0.3) is 0 Å². The number of aromatic nitrogens is 3. The molecule has 0 fully saturated rings. The van der Waals surface area contributed by atoms with Gasteiger partial charge in [-0.05, 0) is 47.0 Å². The molecule has 0 aliphatic carbocycles. The fraction of sp³-hybridized carbons (Fsp3) is 0.103. The summed E-state index contributed by atoms with van der Waals surface area (Å²) in [4.78, 5) is 2.38. The molecule has 7 heteroatoms. The molecule has 5 rings (SSSR count). The summed E-state index contributed by atoms with van der Waals surface area (Å²) in [5, 5.41) is 8.86. The highest BCUT2D eigenvalue weighted by Gasteiger charge is 2.14. The van der Waals surface area contributed by atoms with E-state index < -0.39 is 0 Å². The fourth-order valence-corrected chi connectivity index (χ4v) is 5.30. The van der Waals surface area contributed by atoms with Crippen molar-refractivity contribution < 1.29 is 0 Å². The van der Waals surface area contributed by atoms with Crippen molar-refractivity contribution in [2.24, 2.45) is 0 Å². The first-order valence-electron chi connectivity index (χ1n) is 11.5. The minimum Gasteiger partial charge on any atom is -0.363 e. The lowest BCUT2D eigenvalue weighted by Crippen LogP contribution is -2.22. The van der Waals surface area contributed by atoms with Gasteiger partial charge in [0.05, 0.1) is 12.7 Å². The SMILES string of the molecule is Brc1ccccc1CN(Cc1ccccc1Br)c1cccc(-c2cn(Cc3ccccc3Br)nn2)c1. The van der Waals surface area contributed by atoms with Crippen molar-refractivity contribution in [2.75, 3.05) is 4.90 Å². The molecule has 0 unspecified atom stereocenters. The average Bonchev–Trinajstić information content (AvgIpc) is 3.36. The van der Waals surface area contributed by atoms with Gasteiger partial charge in [-0.1, -0.05) is 120 Å². The standard InChI is InChI=1S/C29H23Br3N4/c30-26-13-4-1-8-22(26)17-35(18-23-9-2-5-14-27(23)31)25-12-7-11-21(16-25)29-20-36(34-33-29)19-24-10-3-6-15-28(24)32/h1-16,20H,17-19H2. The van der Waals surface area contributed by atoms with Gasteiger partial charge in [0.1, 0.15) is 5.69 Å². The van der Waals surface area contributed by atoms with Gasteiger partial charge < -0.3 is 4.90 Å². The molecule has 5 aromatic rings. The summed E-state index contributed by atoms with van der Waals surface area (Å²) in [5.41, 5.74) is 6.64. The lowest BCUT2D eigenvalue weighted by atomic mass is 10.1.